The lowest BCUT2D eigenvalue weighted by molar-refractivity contribution is -0.139. The third kappa shape index (κ3) is 3.84. The summed E-state index contributed by atoms with van der Waals surface area (Å²) in [7, 11) is -1.67. The number of aliphatic hydroxyl groups excluding tert-OH is 1. The van der Waals surface area contributed by atoms with E-state index in [1.54, 1.807) is 15.5 Å². The van der Waals surface area contributed by atoms with Crippen LogP contribution in [0.4, 0.5) is 0 Å². The monoisotopic (exact) mass is 490 g/mol. The van der Waals surface area contributed by atoms with Gasteiger partial charge in [0, 0.05) is 62.5 Å². The van der Waals surface area contributed by atoms with Crippen molar-refractivity contribution < 1.29 is 18.3 Å². The topological polar surface area (TPSA) is 103 Å². The lowest BCUT2D eigenvalue weighted by Crippen LogP contribution is -2.51. The lowest BCUT2D eigenvalue weighted by Gasteiger charge is -2.38. The number of nitrogens with zero attached hydrogens (tertiary/aromatic N) is 4. The van der Waals surface area contributed by atoms with E-state index in [1.165, 1.54) is 4.31 Å². The number of aliphatic hydroxyl groups is 1. The number of hydrogen-bond donors (Lipinski definition) is 1. The first-order chi connectivity index (χ1) is 16.2. The highest BCUT2D eigenvalue weighted by atomic mass is 32.2. The molecule has 0 aromatic carbocycles. The van der Waals surface area contributed by atoms with Crippen molar-refractivity contribution in [2.75, 3.05) is 46.1 Å². The molecular formula is C24H34N4O5S. The van der Waals surface area contributed by atoms with Gasteiger partial charge in [-0.25, -0.2) is 8.42 Å². The number of pyridine rings is 1. The molecule has 2 saturated heterocycles. The summed E-state index contributed by atoms with van der Waals surface area (Å²) in [5, 5.41) is 10.4. The fourth-order valence-corrected chi connectivity index (χ4v) is 7.72. The van der Waals surface area contributed by atoms with Crippen LogP contribution in [0.3, 0.4) is 0 Å². The molecule has 1 aromatic rings. The van der Waals surface area contributed by atoms with Gasteiger partial charge in [0.1, 0.15) is 0 Å². The predicted octanol–water partition coefficient (Wildman–Crippen LogP) is 0.503. The Morgan fingerprint density at radius 1 is 1.15 bits per heavy atom. The van der Waals surface area contributed by atoms with Gasteiger partial charge in [0.25, 0.3) is 5.56 Å². The minimum absolute atomic E-state index is 0.127. The van der Waals surface area contributed by atoms with Crippen molar-refractivity contribution >= 4 is 21.5 Å². The van der Waals surface area contributed by atoms with Crippen molar-refractivity contribution in [2.45, 2.75) is 44.3 Å². The third-order valence-electron chi connectivity index (χ3n) is 8.11. The van der Waals surface area contributed by atoms with E-state index < -0.39 is 33.9 Å². The summed E-state index contributed by atoms with van der Waals surface area (Å²) in [6.07, 6.45) is 7.27. The van der Waals surface area contributed by atoms with E-state index in [9.17, 15) is 23.1 Å². The molecule has 5 rings (SSSR count). The lowest BCUT2D eigenvalue weighted by atomic mass is 9.86. The van der Waals surface area contributed by atoms with Gasteiger partial charge < -0.3 is 19.5 Å². The van der Waals surface area contributed by atoms with Gasteiger partial charge in [0.2, 0.25) is 15.9 Å². The Balaban J connectivity index is 1.60. The molecule has 0 saturated carbocycles. The van der Waals surface area contributed by atoms with Gasteiger partial charge in [-0.1, -0.05) is 6.08 Å². The molecule has 0 spiro atoms. The van der Waals surface area contributed by atoms with Crippen molar-refractivity contribution in [1.82, 2.24) is 18.7 Å². The first-order valence-electron chi connectivity index (χ1n) is 12.2. The molecular weight excluding hydrogens is 456 g/mol. The Bertz CT molecular complexity index is 1170. The van der Waals surface area contributed by atoms with Gasteiger partial charge in [-0.15, -0.1) is 0 Å². The van der Waals surface area contributed by atoms with Crippen molar-refractivity contribution in [3.05, 3.63) is 39.8 Å². The fraction of sp³-hybridized carbons (Fsp3) is 0.667. The largest absolute Gasteiger partial charge is 0.396 e. The van der Waals surface area contributed by atoms with Gasteiger partial charge in [-0.05, 0) is 50.4 Å². The Morgan fingerprint density at radius 3 is 2.50 bits per heavy atom. The number of carbonyl (C=O) groups excluding carboxylic acids is 1. The molecule has 1 aromatic heterocycles. The van der Waals surface area contributed by atoms with Crippen LogP contribution in [0, 0.1) is 11.8 Å². The molecule has 2 fully saturated rings. The van der Waals surface area contributed by atoms with Crippen LogP contribution in [0.2, 0.25) is 0 Å². The zero-order valence-corrected chi connectivity index (χ0v) is 20.7. The van der Waals surface area contributed by atoms with E-state index in [0.717, 1.165) is 50.6 Å². The van der Waals surface area contributed by atoms with Gasteiger partial charge in [0.15, 0.2) is 0 Å². The maximum absolute atomic E-state index is 13.8. The maximum Gasteiger partial charge on any atom is 0.258 e. The molecule has 0 unspecified atom stereocenters. The molecule has 4 atom stereocenters. The Kier molecular flexibility index (Phi) is 6.20. The second-order valence-electron chi connectivity index (χ2n) is 10.2. The first kappa shape index (κ1) is 23.7. The van der Waals surface area contributed by atoms with E-state index in [1.807, 2.05) is 13.1 Å². The Labute approximate surface area is 200 Å². The number of hydrogen-bond acceptors (Lipinski definition) is 6. The molecule has 3 aliphatic heterocycles. The molecule has 9 nitrogen and oxygen atoms in total. The first-order valence-corrected chi connectivity index (χ1v) is 14.1. The molecule has 4 aliphatic rings. The van der Waals surface area contributed by atoms with Crippen LogP contribution in [0.15, 0.2) is 23.0 Å². The molecule has 34 heavy (non-hydrogen) atoms. The highest BCUT2D eigenvalue weighted by molar-refractivity contribution is 7.88. The fourth-order valence-electron chi connectivity index (χ4n) is 6.35. The number of carbonyl (C=O) groups is 1. The number of sulfonamides is 1. The molecule has 1 amide bonds. The number of likely N-dealkylation sites (N-methyl/N-ethyl adjacent to an activating group) is 1. The number of rotatable bonds is 4. The summed E-state index contributed by atoms with van der Waals surface area (Å²) in [5.41, 5.74) is 2.14. The van der Waals surface area contributed by atoms with Crippen molar-refractivity contribution in [1.29, 1.82) is 0 Å². The molecule has 10 heteroatoms. The molecule has 4 heterocycles. The van der Waals surface area contributed by atoms with E-state index in [4.69, 9.17) is 0 Å². The standard InChI is InChI=1S/C24H34N4O5S/c1-25-10-12-26(13-11-25)24(31)21-18(15-29)20-14-27-19(22(21)28(20)34(2,32)33)9-8-17(23(27)30)16-6-4-3-5-7-16/h6,8-9,18,20-22,29H,3-5,7,10-15H2,1-2H3/t18-,20-,21+,22+/m0/s1. The second kappa shape index (κ2) is 8.89. The SMILES string of the molecule is CN1CCN(C(=O)[C@@H]2[C@@H](CO)[C@@H]3Cn4c(ccc(C5=CCCCC5)c4=O)[C@H]2N3S(C)(=O)=O)CC1. The zero-order valence-electron chi connectivity index (χ0n) is 19.9. The van der Waals surface area contributed by atoms with Gasteiger partial charge in [-0.2, -0.15) is 4.31 Å². The quantitative estimate of drug-likeness (QED) is 0.660. The Morgan fingerprint density at radius 2 is 1.88 bits per heavy atom. The highest BCUT2D eigenvalue weighted by Crippen LogP contribution is 2.50. The molecule has 186 valence electrons. The molecule has 1 N–H and O–H groups in total. The minimum atomic E-state index is -3.68. The van der Waals surface area contributed by atoms with Crippen LogP contribution in [-0.2, 0) is 21.4 Å². The van der Waals surface area contributed by atoms with E-state index in [2.05, 4.69) is 11.0 Å². The van der Waals surface area contributed by atoms with E-state index in [-0.39, 0.29) is 24.6 Å². The summed E-state index contributed by atoms with van der Waals surface area (Å²) in [4.78, 5) is 31.3. The van der Waals surface area contributed by atoms with Crippen LogP contribution < -0.4 is 5.56 Å². The Hall–Kier alpha value is -2.01. The van der Waals surface area contributed by atoms with Gasteiger partial charge in [-0.3, -0.25) is 9.59 Å². The average Bonchev–Trinajstić information content (AvgIpc) is 3.08. The molecule has 1 aliphatic carbocycles. The average molecular weight is 491 g/mol. The zero-order chi connectivity index (χ0) is 24.2. The van der Waals surface area contributed by atoms with Crippen molar-refractivity contribution in [3.8, 4) is 0 Å². The van der Waals surface area contributed by atoms with Crippen LogP contribution >= 0.6 is 0 Å². The summed E-state index contributed by atoms with van der Waals surface area (Å²) >= 11 is 0. The molecule has 0 radical (unpaired) electrons. The predicted molar refractivity (Wildman–Crippen MR) is 129 cm³/mol. The van der Waals surface area contributed by atoms with Gasteiger partial charge >= 0.3 is 0 Å². The van der Waals surface area contributed by atoms with Crippen molar-refractivity contribution in [2.24, 2.45) is 11.8 Å². The summed E-state index contributed by atoms with van der Waals surface area (Å²) < 4.78 is 28.9. The number of amides is 1. The van der Waals surface area contributed by atoms with Crippen LogP contribution in [0.25, 0.3) is 5.57 Å². The summed E-state index contributed by atoms with van der Waals surface area (Å²) in [6.45, 7) is 2.48. The normalized spacial score (nSPS) is 30.2. The number of aromatic nitrogens is 1. The maximum atomic E-state index is 13.8. The molecule has 2 bridgehead atoms. The van der Waals surface area contributed by atoms with E-state index >= 15 is 0 Å². The summed E-state index contributed by atoms with van der Waals surface area (Å²) in [6, 6.07) is 2.21. The third-order valence-corrected chi connectivity index (χ3v) is 9.37. The van der Waals surface area contributed by atoms with E-state index in [0.29, 0.717) is 24.3 Å². The van der Waals surface area contributed by atoms with Crippen LogP contribution in [-0.4, -0.2) is 90.2 Å². The second-order valence-corrected chi connectivity index (χ2v) is 12.1. The smallest absolute Gasteiger partial charge is 0.258 e. The number of fused-ring (bicyclic) bond motifs is 4. The highest BCUT2D eigenvalue weighted by Gasteiger charge is 2.59. The summed E-state index contributed by atoms with van der Waals surface area (Å²) in [5.74, 6) is -1.42. The van der Waals surface area contributed by atoms with Gasteiger partial charge in [0.05, 0.1) is 18.2 Å². The number of allylic oxidation sites excluding steroid dienone is 2. The van der Waals surface area contributed by atoms with Crippen LogP contribution in [0.5, 0.6) is 0 Å². The number of piperazine rings is 1. The minimum Gasteiger partial charge on any atom is -0.396 e. The van der Waals surface area contributed by atoms with Crippen molar-refractivity contribution in [3.63, 3.8) is 0 Å². The van der Waals surface area contributed by atoms with Crippen LogP contribution in [0.1, 0.15) is 43.0 Å².